The number of nitrogens with one attached hydrogen (secondary N) is 6. The number of fused-ring (bicyclic) bond motifs is 1. The molecule has 1 saturated carbocycles. The predicted octanol–water partition coefficient (Wildman–Crippen LogP) is 0.654. The van der Waals surface area contributed by atoms with E-state index >= 15 is 0 Å². The molecule has 1 aromatic carbocycles. The van der Waals surface area contributed by atoms with Gasteiger partial charge < -0.3 is 47.9 Å². The van der Waals surface area contributed by atoms with Crippen molar-refractivity contribution in [3.8, 4) is 0 Å². The highest BCUT2D eigenvalue weighted by Gasteiger charge is 2.40. The van der Waals surface area contributed by atoms with Gasteiger partial charge in [0.2, 0.25) is 35.4 Å². The third kappa shape index (κ3) is 14.4. The topological polar surface area (TPSA) is 276 Å². The lowest BCUT2D eigenvalue weighted by molar-refractivity contribution is -0.142. The van der Waals surface area contributed by atoms with Gasteiger partial charge in [-0.05, 0) is 56.4 Å². The Bertz CT molecular complexity index is 1830. The van der Waals surface area contributed by atoms with E-state index in [0.717, 1.165) is 37.7 Å². The molecule has 6 amide bonds. The van der Waals surface area contributed by atoms with Crippen LogP contribution in [0.4, 0.5) is 0 Å². The van der Waals surface area contributed by atoms with Crippen LogP contribution in [-0.2, 0) is 46.4 Å². The van der Waals surface area contributed by atoms with Crippen LogP contribution in [0.15, 0.2) is 47.8 Å². The molecule has 2 saturated heterocycles. The number of H-pyrrole nitrogens is 1. The van der Waals surface area contributed by atoms with E-state index in [1.165, 1.54) is 18.2 Å². The van der Waals surface area contributed by atoms with E-state index in [1.54, 1.807) is 6.20 Å². The number of hydrogen-bond donors (Lipinski definition) is 8. The minimum atomic E-state index is -1.11. The molecule has 0 spiro atoms. The third-order valence-electron chi connectivity index (χ3n) is 11.8. The molecule has 1 aliphatic carbocycles. The number of aromatic nitrogens is 2. The number of Topliss-reactive ketones (excluding diaryl/α,β-unsaturated/α-hetero) is 1. The molecule has 18 nitrogen and oxygen atoms in total. The first kappa shape index (κ1) is 46.3. The second-order valence-corrected chi connectivity index (χ2v) is 16.6. The summed E-state index contributed by atoms with van der Waals surface area (Å²) in [5, 5.41) is 14.4. The SMILES string of the molecule is CC(=O)N[C@@H](Cc1ccccc1)C(=O)N[C@H]1CCCNC(=O)[C@H](CCCN=C(N)N)CC(=O)[C@H](Cc2cnc[nH]2)NC(=O)[C@@H](CC2CCCCC2)NC(=O)[C@@H]2CCCN2C1=O. The summed E-state index contributed by atoms with van der Waals surface area (Å²) in [4.78, 5) is 110. The standard InChI is InChI=1S/C43H63N11O7/c1-27(55)50-34(21-28-11-4-2-5-12-28)39(58)51-32-16-9-18-47-38(57)30(15-8-19-48-43(44)45)23-37(56)33(24-31-25-46-26-49-31)52-40(59)35(22-29-13-6-3-7-14-29)53-41(60)36-17-10-20-54(36)42(32)61/h2,4-5,11-12,25-26,29-30,32-36H,3,6-10,13-24H2,1H3,(H,46,49)(H,47,57)(H,50,55)(H,51,58)(H,52,59)(H,53,60)(H4,44,45,48)/t30-,32+,33+,34+,35-,36+/m1/s1. The van der Waals surface area contributed by atoms with Crippen molar-refractivity contribution in [3.63, 3.8) is 0 Å². The van der Waals surface area contributed by atoms with Crippen LogP contribution in [0.1, 0.15) is 102 Å². The molecule has 1 aromatic heterocycles. The molecule has 3 aliphatic rings. The van der Waals surface area contributed by atoms with Crippen LogP contribution in [0.3, 0.4) is 0 Å². The van der Waals surface area contributed by atoms with E-state index in [1.807, 2.05) is 30.3 Å². The number of ketones is 1. The molecule has 332 valence electrons. The summed E-state index contributed by atoms with van der Waals surface area (Å²) in [5.74, 6) is -3.99. The quantitative estimate of drug-likeness (QED) is 0.0792. The number of nitrogens with two attached hydrogens (primary N) is 2. The first-order valence-electron chi connectivity index (χ1n) is 21.7. The summed E-state index contributed by atoms with van der Waals surface area (Å²) >= 11 is 0. The van der Waals surface area contributed by atoms with Gasteiger partial charge in [0.05, 0.1) is 12.4 Å². The molecule has 0 unspecified atom stereocenters. The van der Waals surface area contributed by atoms with Crippen molar-refractivity contribution < 1.29 is 33.6 Å². The molecule has 2 aliphatic heterocycles. The van der Waals surface area contributed by atoms with Crippen LogP contribution in [0.2, 0.25) is 0 Å². The zero-order valence-electron chi connectivity index (χ0n) is 35.2. The monoisotopic (exact) mass is 845 g/mol. The molecular weight excluding hydrogens is 783 g/mol. The van der Waals surface area contributed by atoms with E-state index in [9.17, 15) is 33.6 Å². The highest BCUT2D eigenvalue weighted by molar-refractivity contribution is 5.97. The van der Waals surface area contributed by atoms with Crippen molar-refractivity contribution in [2.75, 3.05) is 19.6 Å². The van der Waals surface area contributed by atoms with Gasteiger partial charge in [0.25, 0.3) is 0 Å². The molecule has 6 atom stereocenters. The smallest absolute Gasteiger partial charge is 0.245 e. The second kappa shape index (κ2) is 23.3. The number of carbonyl (C=O) groups is 7. The Labute approximate surface area is 357 Å². The lowest BCUT2D eigenvalue weighted by Crippen LogP contribution is -2.59. The molecule has 2 aromatic rings. The highest BCUT2D eigenvalue weighted by Crippen LogP contribution is 2.28. The Kier molecular flexibility index (Phi) is 17.6. The third-order valence-corrected chi connectivity index (χ3v) is 11.8. The summed E-state index contributed by atoms with van der Waals surface area (Å²) in [6, 6.07) is 4.11. The van der Waals surface area contributed by atoms with Crippen LogP contribution in [0.25, 0.3) is 0 Å². The summed E-state index contributed by atoms with van der Waals surface area (Å²) in [7, 11) is 0. The van der Waals surface area contributed by atoms with E-state index in [2.05, 4.69) is 41.5 Å². The Morgan fingerprint density at radius 1 is 0.918 bits per heavy atom. The Morgan fingerprint density at radius 2 is 1.67 bits per heavy atom. The molecule has 0 radical (unpaired) electrons. The Balaban J connectivity index is 1.45. The van der Waals surface area contributed by atoms with Gasteiger partial charge in [0, 0.05) is 63.6 Å². The van der Waals surface area contributed by atoms with Crippen molar-refractivity contribution in [2.45, 2.75) is 133 Å². The second-order valence-electron chi connectivity index (χ2n) is 16.6. The van der Waals surface area contributed by atoms with Crippen molar-refractivity contribution in [3.05, 3.63) is 54.1 Å². The number of rotatable bonds is 13. The molecule has 3 heterocycles. The average molecular weight is 846 g/mol. The maximum absolute atomic E-state index is 14.5. The number of carbonyl (C=O) groups excluding carboxylic acids is 7. The fourth-order valence-corrected chi connectivity index (χ4v) is 8.65. The fourth-order valence-electron chi connectivity index (χ4n) is 8.65. The van der Waals surface area contributed by atoms with Crippen LogP contribution in [0.5, 0.6) is 0 Å². The molecule has 18 heteroatoms. The lowest BCUT2D eigenvalue weighted by Gasteiger charge is -2.32. The minimum absolute atomic E-state index is 0.0865. The molecule has 61 heavy (non-hydrogen) atoms. The van der Waals surface area contributed by atoms with E-state index < -0.39 is 71.6 Å². The van der Waals surface area contributed by atoms with Crippen LogP contribution >= 0.6 is 0 Å². The summed E-state index contributed by atoms with van der Waals surface area (Å²) in [6.07, 6.45) is 10.2. The number of guanidine groups is 1. The van der Waals surface area contributed by atoms with Gasteiger partial charge in [-0.2, -0.15) is 0 Å². The largest absolute Gasteiger partial charge is 0.370 e. The van der Waals surface area contributed by atoms with Crippen LogP contribution in [-0.4, -0.2) is 112 Å². The normalized spacial score (nSPS) is 24.2. The number of imidazole rings is 1. The molecular formula is C43H63N11O7. The number of amides is 6. The van der Waals surface area contributed by atoms with E-state index in [-0.39, 0.29) is 75.8 Å². The first-order valence-corrected chi connectivity index (χ1v) is 21.7. The number of benzene rings is 1. The van der Waals surface area contributed by atoms with Crippen molar-refractivity contribution in [1.82, 2.24) is 41.5 Å². The average Bonchev–Trinajstić information content (AvgIpc) is 3.95. The maximum atomic E-state index is 14.5. The molecule has 3 fully saturated rings. The fraction of sp³-hybridized carbons (Fsp3) is 0.605. The summed E-state index contributed by atoms with van der Waals surface area (Å²) in [6.45, 7) is 1.91. The summed E-state index contributed by atoms with van der Waals surface area (Å²) in [5.41, 5.74) is 12.5. The number of aromatic amines is 1. The van der Waals surface area contributed by atoms with Gasteiger partial charge in [0.1, 0.15) is 24.2 Å². The van der Waals surface area contributed by atoms with Crippen molar-refractivity contribution in [1.29, 1.82) is 0 Å². The predicted molar refractivity (Wildman–Crippen MR) is 227 cm³/mol. The van der Waals surface area contributed by atoms with E-state index in [0.29, 0.717) is 31.4 Å². The zero-order valence-corrected chi connectivity index (χ0v) is 35.2. The maximum Gasteiger partial charge on any atom is 0.245 e. The molecule has 0 bridgehead atoms. The van der Waals surface area contributed by atoms with Crippen molar-refractivity contribution in [2.24, 2.45) is 28.3 Å². The van der Waals surface area contributed by atoms with Gasteiger partial charge in [0.15, 0.2) is 11.7 Å². The van der Waals surface area contributed by atoms with Gasteiger partial charge in [-0.15, -0.1) is 0 Å². The van der Waals surface area contributed by atoms with Gasteiger partial charge in [-0.3, -0.25) is 38.6 Å². The minimum Gasteiger partial charge on any atom is -0.370 e. The highest BCUT2D eigenvalue weighted by atomic mass is 16.2. The van der Waals surface area contributed by atoms with Crippen molar-refractivity contribution >= 4 is 47.2 Å². The Morgan fingerprint density at radius 3 is 2.38 bits per heavy atom. The van der Waals surface area contributed by atoms with Gasteiger partial charge >= 0.3 is 0 Å². The molecule has 10 N–H and O–H groups in total. The molecule has 5 rings (SSSR count). The number of nitrogens with zero attached hydrogens (tertiary/aromatic N) is 3. The lowest BCUT2D eigenvalue weighted by atomic mass is 9.84. The number of aliphatic imine (C=N–C) groups is 1. The van der Waals surface area contributed by atoms with E-state index in [4.69, 9.17) is 11.5 Å². The van der Waals surface area contributed by atoms with Crippen LogP contribution in [0, 0.1) is 11.8 Å². The number of hydrogen-bond acceptors (Lipinski definition) is 9. The first-order chi connectivity index (χ1) is 29.4. The zero-order chi connectivity index (χ0) is 43.7. The van der Waals surface area contributed by atoms with Crippen LogP contribution < -0.4 is 38.1 Å². The van der Waals surface area contributed by atoms with Gasteiger partial charge in [-0.25, -0.2) is 4.98 Å². The summed E-state index contributed by atoms with van der Waals surface area (Å²) < 4.78 is 0. The van der Waals surface area contributed by atoms with Gasteiger partial charge in [-0.1, -0.05) is 62.4 Å². The Hall–Kier alpha value is -5.81.